The van der Waals surface area contributed by atoms with Crippen molar-refractivity contribution in [1.82, 2.24) is 4.90 Å². The van der Waals surface area contributed by atoms with Crippen LogP contribution in [0, 0.1) is 11.3 Å². The number of carbonyl (C=O) groups excluding carboxylic acids is 2. The van der Waals surface area contributed by atoms with Crippen molar-refractivity contribution in [2.24, 2.45) is 0 Å². The van der Waals surface area contributed by atoms with Crippen molar-refractivity contribution < 1.29 is 27.5 Å². The lowest BCUT2D eigenvalue weighted by Gasteiger charge is -2.27. The third kappa shape index (κ3) is 3.56. The molecule has 0 atom stereocenters. The Morgan fingerprint density at radius 3 is 2.43 bits per heavy atom. The predicted molar refractivity (Wildman–Crippen MR) is 102 cm³/mol. The first-order valence-corrected chi connectivity index (χ1v) is 8.91. The van der Waals surface area contributed by atoms with E-state index in [1.54, 1.807) is 24.3 Å². The quantitative estimate of drug-likeness (QED) is 0.694. The zero-order valence-electron chi connectivity index (χ0n) is 16.4. The van der Waals surface area contributed by atoms with Crippen molar-refractivity contribution in [1.29, 1.82) is 5.26 Å². The number of carbonyl (C=O) groups is 2. The zero-order chi connectivity index (χ0) is 22.3. The Morgan fingerprint density at radius 1 is 1.13 bits per heavy atom. The molecule has 0 radical (unpaired) electrons. The van der Waals surface area contributed by atoms with Gasteiger partial charge in [0.1, 0.15) is 11.3 Å². The van der Waals surface area contributed by atoms with E-state index >= 15 is 0 Å². The van der Waals surface area contributed by atoms with E-state index in [2.05, 4.69) is 0 Å². The Labute approximate surface area is 171 Å². The van der Waals surface area contributed by atoms with Gasteiger partial charge in [-0.15, -0.1) is 0 Å². The Morgan fingerprint density at radius 2 is 1.83 bits per heavy atom. The van der Waals surface area contributed by atoms with E-state index in [-0.39, 0.29) is 12.2 Å². The molecule has 6 nitrogen and oxygen atoms in total. The summed E-state index contributed by atoms with van der Waals surface area (Å²) in [5.74, 6) is -0.0877. The van der Waals surface area contributed by atoms with Gasteiger partial charge in [-0.2, -0.15) is 18.4 Å². The first-order valence-electron chi connectivity index (χ1n) is 8.91. The van der Waals surface area contributed by atoms with Crippen molar-refractivity contribution >= 4 is 17.6 Å². The first-order chi connectivity index (χ1) is 14.0. The van der Waals surface area contributed by atoms with Crippen molar-refractivity contribution in [3.8, 4) is 11.8 Å². The number of alkyl halides is 3. The first kappa shape index (κ1) is 21.2. The second kappa shape index (κ2) is 7.37. The summed E-state index contributed by atoms with van der Waals surface area (Å²) in [5, 5.41) is 8.96. The summed E-state index contributed by atoms with van der Waals surface area (Å²) < 4.78 is 45.1. The molecule has 0 aromatic heterocycles. The summed E-state index contributed by atoms with van der Waals surface area (Å²) in [7, 11) is 1.50. The van der Waals surface area contributed by atoms with Gasteiger partial charge in [-0.25, -0.2) is 9.69 Å². The number of hydrogen-bond acceptors (Lipinski definition) is 4. The van der Waals surface area contributed by atoms with E-state index in [1.807, 2.05) is 0 Å². The van der Waals surface area contributed by atoms with Crippen molar-refractivity contribution in [3.05, 3.63) is 59.2 Å². The molecule has 0 spiro atoms. The number of methoxy groups -OCH3 is 1. The molecule has 30 heavy (non-hydrogen) atoms. The minimum atomic E-state index is -4.80. The highest BCUT2D eigenvalue weighted by Crippen LogP contribution is 2.38. The van der Waals surface area contributed by atoms with E-state index < -0.39 is 34.8 Å². The van der Waals surface area contributed by atoms with E-state index in [4.69, 9.17) is 10.00 Å². The molecule has 0 bridgehead atoms. The highest BCUT2D eigenvalue weighted by molar-refractivity contribution is 6.23. The highest BCUT2D eigenvalue weighted by atomic mass is 19.4. The minimum Gasteiger partial charge on any atom is -0.497 e. The molecule has 156 valence electrons. The highest BCUT2D eigenvalue weighted by Gasteiger charge is 2.52. The molecule has 0 unspecified atom stereocenters. The van der Waals surface area contributed by atoms with Crippen LogP contribution in [-0.4, -0.2) is 29.5 Å². The summed E-state index contributed by atoms with van der Waals surface area (Å²) >= 11 is 0. The van der Waals surface area contributed by atoms with Crippen LogP contribution in [0.1, 0.15) is 30.5 Å². The lowest BCUT2D eigenvalue weighted by Crippen LogP contribution is -2.43. The van der Waals surface area contributed by atoms with Crippen LogP contribution in [0.15, 0.2) is 42.5 Å². The summed E-state index contributed by atoms with van der Waals surface area (Å²) in [5.41, 5.74) is -2.62. The molecular formula is C21H18F3N3O3. The molecule has 0 saturated carbocycles. The number of benzene rings is 2. The third-order valence-corrected chi connectivity index (χ3v) is 4.99. The molecule has 1 saturated heterocycles. The largest absolute Gasteiger partial charge is 0.497 e. The van der Waals surface area contributed by atoms with Gasteiger partial charge >= 0.3 is 12.2 Å². The molecule has 1 aliphatic rings. The van der Waals surface area contributed by atoms with Gasteiger partial charge in [0, 0.05) is 6.54 Å². The van der Waals surface area contributed by atoms with Crippen LogP contribution in [0.25, 0.3) is 0 Å². The number of amides is 3. The maximum atomic E-state index is 13.3. The van der Waals surface area contributed by atoms with Crippen LogP contribution in [0.2, 0.25) is 0 Å². The number of hydrogen-bond donors (Lipinski definition) is 0. The summed E-state index contributed by atoms with van der Waals surface area (Å²) in [4.78, 5) is 28.0. The number of ether oxygens (including phenoxy) is 1. The Bertz CT molecular complexity index is 1060. The van der Waals surface area contributed by atoms with Crippen molar-refractivity contribution in [3.63, 3.8) is 0 Å². The summed E-state index contributed by atoms with van der Waals surface area (Å²) in [6, 6.07) is 10.4. The second-order valence-corrected chi connectivity index (χ2v) is 7.26. The molecule has 1 fully saturated rings. The maximum Gasteiger partial charge on any atom is 0.417 e. The Hall–Kier alpha value is -3.54. The fraction of sp³-hybridized carbons (Fsp3) is 0.286. The molecule has 1 aliphatic heterocycles. The van der Waals surface area contributed by atoms with E-state index in [0.29, 0.717) is 17.4 Å². The van der Waals surface area contributed by atoms with Crippen LogP contribution in [0.3, 0.4) is 0 Å². The van der Waals surface area contributed by atoms with E-state index in [1.165, 1.54) is 31.9 Å². The second-order valence-electron chi connectivity index (χ2n) is 7.26. The van der Waals surface area contributed by atoms with Gasteiger partial charge in [-0.3, -0.25) is 4.79 Å². The average molecular weight is 417 g/mol. The van der Waals surface area contributed by atoms with Crippen LogP contribution in [-0.2, 0) is 17.5 Å². The number of nitrogens with zero attached hydrogens (tertiary/aromatic N) is 3. The standard InChI is InChI=1S/C21H18F3N3O3/c1-20(2)18(28)27(15-8-7-14(11-25)17(10-15)21(22,23)24)19(29)26(20)12-13-5-4-6-16(9-13)30-3/h4-10H,12H2,1-3H3. The monoisotopic (exact) mass is 417 g/mol. The molecule has 2 aromatic carbocycles. The lowest BCUT2D eigenvalue weighted by molar-refractivity contribution is -0.137. The average Bonchev–Trinajstić information content (AvgIpc) is 2.86. The van der Waals surface area contributed by atoms with Crippen LogP contribution in [0.4, 0.5) is 23.7 Å². The Kier molecular flexibility index (Phi) is 5.20. The van der Waals surface area contributed by atoms with Gasteiger partial charge < -0.3 is 9.64 Å². The third-order valence-electron chi connectivity index (χ3n) is 4.99. The number of nitriles is 1. The molecule has 3 rings (SSSR count). The van der Waals surface area contributed by atoms with Crippen LogP contribution < -0.4 is 9.64 Å². The fourth-order valence-corrected chi connectivity index (χ4v) is 3.29. The van der Waals surface area contributed by atoms with Gasteiger partial charge in [0.25, 0.3) is 5.91 Å². The molecule has 0 N–H and O–H groups in total. The van der Waals surface area contributed by atoms with Crippen molar-refractivity contribution in [2.45, 2.75) is 32.1 Å². The SMILES string of the molecule is COc1cccc(CN2C(=O)N(c3ccc(C#N)c(C(F)(F)F)c3)C(=O)C2(C)C)c1. The zero-order valence-corrected chi connectivity index (χ0v) is 16.4. The minimum absolute atomic E-state index is 0.0632. The maximum absolute atomic E-state index is 13.3. The Balaban J connectivity index is 2.01. The summed E-state index contributed by atoms with van der Waals surface area (Å²) in [6.07, 6.45) is -4.80. The van der Waals surface area contributed by atoms with Gasteiger partial charge in [-0.1, -0.05) is 12.1 Å². The van der Waals surface area contributed by atoms with Crippen LogP contribution >= 0.6 is 0 Å². The number of anilines is 1. The fourth-order valence-electron chi connectivity index (χ4n) is 3.29. The van der Waals surface area contributed by atoms with Gasteiger partial charge in [-0.05, 0) is 49.7 Å². The molecule has 9 heteroatoms. The lowest BCUT2D eigenvalue weighted by atomic mass is 10.0. The van der Waals surface area contributed by atoms with Gasteiger partial charge in [0.15, 0.2) is 0 Å². The van der Waals surface area contributed by atoms with Gasteiger partial charge in [0.2, 0.25) is 0 Å². The number of imide groups is 1. The van der Waals surface area contributed by atoms with Crippen LogP contribution in [0.5, 0.6) is 5.75 Å². The number of urea groups is 1. The topological polar surface area (TPSA) is 73.6 Å². The molecular weight excluding hydrogens is 399 g/mol. The number of halogens is 3. The molecule has 2 aromatic rings. The molecule has 0 aliphatic carbocycles. The number of rotatable bonds is 4. The smallest absolute Gasteiger partial charge is 0.417 e. The van der Waals surface area contributed by atoms with E-state index in [9.17, 15) is 22.8 Å². The summed E-state index contributed by atoms with van der Waals surface area (Å²) in [6.45, 7) is 3.12. The van der Waals surface area contributed by atoms with E-state index in [0.717, 1.165) is 17.0 Å². The molecule has 1 heterocycles. The molecule has 3 amide bonds. The van der Waals surface area contributed by atoms with Crippen molar-refractivity contribution in [2.75, 3.05) is 12.0 Å². The van der Waals surface area contributed by atoms with Gasteiger partial charge in [0.05, 0.1) is 30.0 Å². The normalized spacial score (nSPS) is 16.0. The predicted octanol–water partition coefficient (Wildman–Crippen LogP) is 4.33.